The van der Waals surface area contributed by atoms with E-state index in [4.69, 9.17) is 0 Å². The summed E-state index contributed by atoms with van der Waals surface area (Å²) < 4.78 is 0. The smallest absolute Gasteiger partial charge is 0.226 e. The molecule has 0 heterocycles. The van der Waals surface area contributed by atoms with Crippen LogP contribution in [0.4, 0.5) is 11.4 Å². The van der Waals surface area contributed by atoms with Crippen LogP contribution in [0, 0.1) is 13.8 Å². The maximum atomic E-state index is 12.0. The van der Waals surface area contributed by atoms with E-state index in [0.717, 1.165) is 16.9 Å². The Balaban J connectivity index is 1.85. The van der Waals surface area contributed by atoms with E-state index in [1.165, 1.54) is 12.5 Å². The third-order valence-corrected chi connectivity index (χ3v) is 3.61. The molecular weight excluding hydrogens is 288 g/mol. The number of hydrogen-bond donors (Lipinski definition) is 2. The van der Waals surface area contributed by atoms with Gasteiger partial charge >= 0.3 is 0 Å². The Bertz CT molecular complexity index is 723. The number of Topliss-reactive ketones (excluding diaryl/α,β-unsaturated/α-hetero) is 1. The number of hydrogen-bond acceptors (Lipinski definition) is 3. The Hall–Kier alpha value is -2.62. The van der Waals surface area contributed by atoms with E-state index in [1.54, 1.807) is 12.1 Å². The van der Waals surface area contributed by atoms with Gasteiger partial charge < -0.3 is 10.6 Å². The summed E-state index contributed by atoms with van der Waals surface area (Å²) >= 11 is 0. The van der Waals surface area contributed by atoms with Crippen LogP contribution in [0.2, 0.25) is 0 Å². The van der Waals surface area contributed by atoms with Crippen molar-refractivity contribution < 1.29 is 9.59 Å². The molecule has 0 radical (unpaired) electrons. The van der Waals surface area contributed by atoms with Gasteiger partial charge in [-0.25, -0.2) is 0 Å². The van der Waals surface area contributed by atoms with Gasteiger partial charge in [-0.15, -0.1) is 0 Å². The zero-order chi connectivity index (χ0) is 16.8. The summed E-state index contributed by atoms with van der Waals surface area (Å²) in [6.07, 6.45) is 0.359. The highest BCUT2D eigenvalue weighted by atomic mass is 16.1. The van der Waals surface area contributed by atoms with Crippen molar-refractivity contribution in [1.29, 1.82) is 0 Å². The average molecular weight is 310 g/mol. The fourth-order valence-electron chi connectivity index (χ4n) is 2.34. The van der Waals surface area contributed by atoms with Gasteiger partial charge in [0.05, 0.1) is 0 Å². The van der Waals surface area contributed by atoms with E-state index in [0.29, 0.717) is 18.5 Å². The lowest BCUT2D eigenvalue weighted by Gasteiger charge is -2.10. The molecule has 0 aliphatic heterocycles. The molecule has 0 saturated carbocycles. The zero-order valence-corrected chi connectivity index (χ0v) is 13.8. The van der Waals surface area contributed by atoms with Gasteiger partial charge in [0.15, 0.2) is 5.78 Å². The SMILES string of the molecule is CC(=O)c1cccc(NCCC(=O)Nc2ccc(C)cc2C)c1. The summed E-state index contributed by atoms with van der Waals surface area (Å²) in [5, 5.41) is 6.09. The van der Waals surface area contributed by atoms with Crippen molar-refractivity contribution in [3.63, 3.8) is 0 Å². The van der Waals surface area contributed by atoms with Crippen molar-refractivity contribution in [3.8, 4) is 0 Å². The molecule has 0 bridgehead atoms. The summed E-state index contributed by atoms with van der Waals surface area (Å²) in [5.74, 6) is -0.00610. The first kappa shape index (κ1) is 16.7. The predicted octanol–water partition coefficient (Wildman–Crippen LogP) is 3.95. The summed E-state index contributed by atoms with van der Waals surface area (Å²) in [5.41, 5.74) is 4.58. The monoisotopic (exact) mass is 310 g/mol. The highest BCUT2D eigenvalue weighted by Crippen LogP contribution is 2.16. The number of nitrogens with one attached hydrogen (secondary N) is 2. The standard InChI is InChI=1S/C19H22N2O2/c1-13-7-8-18(14(2)11-13)21-19(23)9-10-20-17-6-4-5-16(12-17)15(3)22/h4-8,11-12,20H,9-10H2,1-3H3,(H,21,23). The zero-order valence-electron chi connectivity index (χ0n) is 13.8. The molecule has 0 saturated heterocycles. The second kappa shape index (κ2) is 7.58. The first-order valence-electron chi connectivity index (χ1n) is 7.67. The first-order valence-corrected chi connectivity index (χ1v) is 7.67. The molecule has 2 N–H and O–H groups in total. The second-order valence-electron chi connectivity index (χ2n) is 5.68. The largest absolute Gasteiger partial charge is 0.385 e. The highest BCUT2D eigenvalue weighted by molar-refractivity contribution is 5.95. The number of aryl methyl sites for hydroxylation is 2. The van der Waals surface area contributed by atoms with Gasteiger partial charge in [-0.2, -0.15) is 0 Å². The first-order chi connectivity index (χ1) is 11.0. The van der Waals surface area contributed by atoms with Gasteiger partial charge in [-0.1, -0.05) is 29.8 Å². The van der Waals surface area contributed by atoms with Crippen molar-refractivity contribution in [3.05, 3.63) is 59.2 Å². The Morgan fingerprint density at radius 3 is 2.52 bits per heavy atom. The topological polar surface area (TPSA) is 58.2 Å². The molecule has 0 aliphatic carbocycles. The molecule has 2 rings (SSSR count). The van der Waals surface area contributed by atoms with E-state index in [9.17, 15) is 9.59 Å². The van der Waals surface area contributed by atoms with Gasteiger partial charge in [0.1, 0.15) is 0 Å². The van der Waals surface area contributed by atoms with Crippen molar-refractivity contribution in [2.45, 2.75) is 27.2 Å². The number of benzene rings is 2. The Morgan fingerprint density at radius 2 is 1.83 bits per heavy atom. The molecule has 120 valence electrons. The van der Waals surface area contributed by atoms with Gasteiger partial charge in [-0.05, 0) is 44.5 Å². The molecule has 0 spiro atoms. The van der Waals surface area contributed by atoms with E-state index < -0.39 is 0 Å². The maximum absolute atomic E-state index is 12.0. The molecule has 0 atom stereocenters. The molecule has 0 unspecified atom stereocenters. The number of rotatable bonds is 6. The van der Waals surface area contributed by atoms with Crippen molar-refractivity contribution in [2.24, 2.45) is 0 Å². The lowest BCUT2D eigenvalue weighted by molar-refractivity contribution is -0.115. The van der Waals surface area contributed by atoms with Crippen LogP contribution in [0.5, 0.6) is 0 Å². The van der Waals surface area contributed by atoms with Crippen LogP contribution in [-0.2, 0) is 4.79 Å². The van der Waals surface area contributed by atoms with E-state index >= 15 is 0 Å². The fraction of sp³-hybridized carbons (Fsp3) is 0.263. The molecule has 2 aromatic rings. The Kier molecular flexibility index (Phi) is 5.52. The van der Waals surface area contributed by atoms with E-state index in [-0.39, 0.29) is 11.7 Å². The molecule has 1 amide bonds. The van der Waals surface area contributed by atoms with Gasteiger partial charge in [0.2, 0.25) is 5.91 Å². The summed E-state index contributed by atoms with van der Waals surface area (Å²) in [6, 6.07) is 13.2. The average Bonchev–Trinajstić information content (AvgIpc) is 2.50. The van der Waals surface area contributed by atoms with Crippen molar-refractivity contribution >= 4 is 23.1 Å². The minimum absolute atomic E-state index is 0.0289. The third kappa shape index (κ3) is 4.95. The number of ketones is 1. The highest BCUT2D eigenvalue weighted by Gasteiger charge is 2.05. The van der Waals surface area contributed by atoms with Crippen molar-refractivity contribution in [1.82, 2.24) is 0 Å². The summed E-state index contributed by atoms with van der Waals surface area (Å²) in [6.45, 7) is 6.06. The minimum atomic E-state index is -0.0350. The maximum Gasteiger partial charge on any atom is 0.226 e. The summed E-state index contributed by atoms with van der Waals surface area (Å²) in [7, 11) is 0. The number of carbonyl (C=O) groups is 2. The van der Waals surface area contributed by atoms with Crippen LogP contribution in [-0.4, -0.2) is 18.2 Å². The lowest BCUT2D eigenvalue weighted by atomic mass is 10.1. The summed E-state index contributed by atoms with van der Waals surface area (Å²) in [4.78, 5) is 23.4. The minimum Gasteiger partial charge on any atom is -0.385 e. The molecule has 0 aliphatic rings. The third-order valence-electron chi connectivity index (χ3n) is 3.61. The van der Waals surface area contributed by atoms with Crippen LogP contribution < -0.4 is 10.6 Å². The fourth-order valence-corrected chi connectivity index (χ4v) is 2.34. The van der Waals surface area contributed by atoms with Gasteiger partial charge in [0, 0.05) is 29.9 Å². The van der Waals surface area contributed by atoms with Crippen LogP contribution in [0.3, 0.4) is 0 Å². The second-order valence-corrected chi connectivity index (χ2v) is 5.68. The number of amides is 1. The molecule has 0 aromatic heterocycles. The van der Waals surface area contributed by atoms with Gasteiger partial charge in [0.25, 0.3) is 0 Å². The predicted molar refractivity (Wildman–Crippen MR) is 94.1 cm³/mol. The Labute approximate surface area is 136 Å². The number of anilines is 2. The molecular formula is C19H22N2O2. The normalized spacial score (nSPS) is 10.2. The van der Waals surface area contributed by atoms with E-state index in [1.807, 2.05) is 44.2 Å². The van der Waals surface area contributed by atoms with Crippen LogP contribution in [0.15, 0.2) is 42.5 Å². The van der Waals surface area contributed by atoms with Crippen LogP contribution in [0.25, 0.3) is 0 Å². The van der Waals surface area contributed by atoms with Crippen LogP contribution >= 0.6 is 0 Å². The molecule has 23 heavy (non-hydrogen) atoms. The molecule has 0 fully saturated rings. The van der Waals surface area contributed by atoms with Crippen molar-refractivity contribution in [2.75, 3.05) is 17.2 Å². The van der Waals surface area contributed by atoms with Gasteiger partial charge in [-0.3, -0.25) is 9.59 Å². The quantitative estimate of drug-likeness (QED) is 0.794. The number of carbonyl (C=O) groups excluding carboxylic acids is 2. The van der Waals surface area contributed by atoms with Crippen LogP contribution in [0.1, 0.15) is 34.8 Å². The lowest BCUT2D eigenvalue weighted by Crippen LogP contribution is -2.17. The molecule has 4 heteroatoms. The molecule has 4 nitrogen and oxygen atoms in total. The van der Waals surface area contributed by atoms with E-state index in [2.05, 4.69) is 10.6 Å². The molecule has 2 aromatic carbocycles. The Morgan fingerprint density at radius 1 is 1.04 bits per heavy atom.